The van der Waals surface area contributed by atoms with E-state index in [1.807, 2.05) is 31.2 Å². The SMILES string of the molecule is Cc1ccc(Nc2nc(Cl)nc(Cl)c2Cl)cc1. The Labute approximate surface area is 114 Å². The molecule has 1 heterocycles. The highest BCUT2D eigenvalue weighted by Crippen LogP contribution is 2.30. The lowest BCUT2D eigenvalue weighted by Crippen LogP contribution is -1.97. The number of rotatable bonds is 2. The number of nitrogens with one attached hydrogen (secondary N) is 1. The van der Waals surface area contributed by atoms with Gasteiger partial charge in [-0.1, -0.05) is 40.9 Å². The van der Waals surface area contributed by atoms with Crippen LogP contribution in [0.5, 0.6) is 0 Å². The minimum atomic E-state index is 0.0500. The van der Waals surface area contributed by atoms with Gasteiger partial charge < -0.3 is 5.32 Å². The molecule has 0 unspecified atom stereocenters. The molecule has 3 nitrogen and oxygen atoms in total. The van der Waals surface area contributed by atoms with Crippen molar-refractivity contribution in [2.45, 2.75) is 6.92 Å². The molecule has 2 rings (SSSR count). The number of anilines is 2. The molecule has 6 heteroatoms. The maximum Gasteiger partial charge on any atom is 0.225 e. The highest BCUT2D eigenvalue weighted by atomic mass is 35.5. The molecule has 1 aromatic heterocycles. The van der Waals surface area contributed by atoms with Gasteiger partial charge in [0.15, 0.2) is 11.0 Å². The van der Waals surface area contributed by atoms with Crippen LogP contribution in [0.25, 0.3) is 0 Å². The molecule has 17 heavy (non-hydrogen) atoms. The summed E-state index contributed by atoms with van der Waals surface area (Å²) in [4.78, 5) is 7.72. The molecular formula is C11H8Cl3N3. The van der Waals surface area contributed by atoms with Crippen LogP contribution in [0.3, 0.4) is 0 Å². The first-order valence-corrected chi connectivity index (χ1v) is 5.92. The second kappa shape index (κ2) is 5.08. The predicted molar refractivity (Wildman–Crippen MR) is 71.5 cm³/mol. The van der Waals surface area contributed by atoms with E-state index in [9.17, 15) is 0 Å². The molecule has 0 saturated heterocycles. The third-order valence-corrected chi connectivity index (χ3v) is 3.00. The molecule has 0 aliphatic carbocycles. The lowest BCUT2D eigenvalue weighted by Gasteiger charge is -2.08. The van der Waals surface area contributed by atoms with E-state index in [-0.39, 0.29) is 15.5 Å². The molecule has 88 valence electrons. The Morgan fingerprint density at radius 2 is 1.65 bits per heavy atom. The van der Waals surface area contributed by atoms with Gasteiger partial charge in [0.25, 0.3) is 0 Å². The second-order valence-corrected chi connectivity index (χ2v) is 4.51. The topological polar surface area (TPSA) is 37.8 Å². The zero-order chi connectivity index (χ0) is 12.4. The summed E-state index contributed by atoms with van der Waals surface area (Å²) in [5.41, 5.74) is 2.02. The monoisotopic (exact) mass is 287 g/mol. The van der Waals surface area contributed by atoms with Gasteiger partial charge in [-0.2, -0.15) is 4.98 Å². The quantitative estimate of drug-likeness (QED) is 0.653. The summed E-state index contributed by atoms with van der Waals surface area (Å²) in [6.07, 6.45) is 0. The number of hydrogen-bond acceptors (Lipinski definition) is 3. The van der Waals surface area contributed by atoms with Crippen molar-refractivity contribution in [1.82, 2.24) is 9.97 Å². The number of aryl methyl sites for hydroxylation is 1. The molecule has 1 N–H and O–H groups in total. The Kier molecular flexibility index (Phi) is 3.72. The molecule has 0 bridgehead atoms. The summed E-state index contributed by atoms with van der Waals surface area (Å²) in [6.45, 7) is 2.01. The largest absolute Gasteiger partial charge is 0.339 e. The van der Waals surface area contributed by atoms with Gasteiger partial charge in [0.05, 0.1) is 0 Å². The van der Waals surface area contributed by atoms with E-state index < -0.39 is 0 Å². The van der Waals surface area contributed by atoms with E-state index in [1.165, 1.54) is 5.56 Å². The maximum atomic E-state index is 5.97. The lowest BCUT2D eigenvalue weighted by molar-refractivity contribution is 1.17. The van der Waals surface area contributed by atoms with E-state index in [0.717, 1.165) is 5.69 Å². The van der Waals surface area contributed by atoms with Gasteiger partial charge in [-0.05, 0) is 30.7 Å². The number of benzene rings is 1. The highest BCUT2D eigenvalue weighted by molar-refractivity contribution is 6.43. The fourth-order valence-electron chi connectivity index (χ4n) is 1.25. The van der Waals surface area contributed by atoms with Crippen molar-refractivity contribution in [2.24, 2.45) is 0 Å². The third-order valence-electron chi connectivity index (χ3n) is 2.10. The highest BCUT2D eigenvalue weighted by Gasteiger charge is 2.10. The van der Waals surface area contributed by atoms with Crippen molar-refractivity contribution < 1.29 is 0 Å². The van der Waals surface area contributed by atoms with Gasteiger partial charge in [0, 0.05) is 5.69 Å². The summed E-state index contributed by atoms with van der Waals surface area (Å²) in [6, 6.07) is 7.77. The van der Waals surface area contributed by atoms with Gasteiger partial charge in [-0.25, -0.2) is 4.98 Å². The average Bonchev–Trinajstić information content (AvgIpc) is 2.28. The van der Waals surface area contributed by atoms with Crippen LogP contribution in [0.4, 0.5) is 11.5 Å². The number of aromatic nitrogens is 2. The number of nitrogens with zero attached hydrogens (tertiary/aromatic N) is 2. The summed E-state index contributed by atoms with van der Waals surface area (Å²) in [7, 11) is 0. The fourth-order valence-corrected chi connectivity index (χ4v) is 1.76. The van der Waals surface area contributed by atoms with Crippen molar-refractivity contribution >= 4 is 46.3 Å². The minimum absolute atomic E-state index is 0.0500. The molecule has 0 amide bonds. The Morgan fingerprint density at radius 1 is 1.00 bits per heavy atom. The zero-order valence-corrected chi connectivity index (χ0v) is 11.1. The fraction of sp³-hybridized carbons (Fsp3) is 0.0909. The molecular weight excluding hydrogens is 281 g/mol. The molecule has 0 saturated carbocycles. The van der Waals surface area contributed by atoms with Gasteiger partial charge in [0.1, 0.15) is 5.02 Å². The van der Waals surface area contributed by atoms with Crippen LogP contribution in [0.2, 0.25) is 15.5 Å². The summed E-state index contributed by atoms with van der Waals surface area (Å²) in [5, 5.41) is 3.45. The van der Waals surface area contributed by atoms with Gasteiger partial charge in [0.2, 0.25) is 5.28 Å². The van der Waals surface area contributed by atoms with E-state index in [2.05, 4.69) is 15.3 Å². The summed E-state index contributed by atoms with van der Waals surface area (Å²) in [5.74, 6) is 0.389. The normalized spacial score (nSPS) is 10.4. The predicted octanol–water partition coefficient (Wildman–Crippen LogP) is 4.49. The molecule has 0 spiro atoms. The lowest BCUT2D eigenvalue weighted by atomic mass is 10.2. The smallest absolute Gasteiger partial charge is 0.225 e. The van der Waals surface area contributed by atoms with E-state index in [0.29, 0.717) is 5.82 Å². The molecule has 0 aliphatic rings. The van der Waals surface area contributed by atoms with E-state index >= 15 is 0 Å². The maximum absolute atomic E-state index is 5.97. The molecule has 0 fully saturated rings. The Bertz CT molecular complexity index is 540. The average molecular weight is 289 g/mol. The van der Waals surface area contributed by atoms with E-state index in [1.54, 1.807) is 0 Å². The van der Waals surface area contributed by atoms with Crippen LogP contribution in [0, 0.1) is 6.92 Å². The van der Waals surface area contributed by atoms with Crippen LogP contribution in [-0.2, 0) is 0 Å². The third kappa shape index (κ3) is 3.00. The van der Waals surface area contributed by atoms with Crippen molar-refractivity contribution in [3.63, 3.8) is 0 Å². The van der Waals surface area contributed by atoms with Gasteiger partial charge in [-0.15, -0.1) is 0 Å². The molecule has 1 aromatic carbocycles. The Morgan fingerprint density at radius 3 is 2.29 bits per heavy atom. The van der Waals surface area contributed by atoms with Crippen molar-refractivity contribution in [2.75, 3.05) is 5.32 Å². The molecule has 0 aliphatic heterocycles. The number of hydrogen-bond donors (Lipinski definition) is 1. The van der Waals surface area contributed by atoms with Crippen molar-refractivity contribution in [1.29, 1.82) is 0 Å². The summed E-state index contributed by atoms with van der Waals surface area (Å²) < 4.78 is 0. The van der Waals surface area contributed by atoms with E-state index in [4.69, 9.17) is 34.8 Å². The zero-order valence-electron chi connectivity index (χ0n) is 8.84. The number of halogens is 3. The van der Waals surface area contributed by atoms with Gasteiger partial charge in [-0.3, -0.25) is 0 Å². The van der Waals surface area contributed by atoms with Crippen LogP contribution < -0.4 is 5.32 Å². The Hall–Kier alpha value is -1.03. The summed E-state index contributed by atoms with van der Waals surface area (Å²) >= 11 is 17.5. The van der Waals surface area contributed by atoms with Crippen LogP contribution in [-0.4, -0.2) is 9.97 Å². The molecule has 0 atom stereocenters. The van der Waals surface area contributed by atoms with Crippen molar-refractivity contribution in [3.05, 3.63) is 45.3 Å². The van der Waals surface area contributed by atoms with Crippen LogP contribution >= 0.6 is 34.8 Å². The van der Waals surface area contributed by atoms with Crippen LogP contribution in [0.15, 0.2) is 24.3 Å². The molecule has 0 radical (unpaired) electrons. The standard InChI is InChI=1S/C11H8Cl3N3/c1-6-2-4-7(5-3-6)15-10-8(12)9(13)16-11(14)17-10/h2-5H,1H3,(H,15,16,17). The van der Waals surface area contributed by atoms with Gasteiger partial charge >= 0.3 is 0 Å². The van der Waals surface area contributed by atoms with Crippen molar-refractivity contribution in [3.8, 4) is 0 Å². The minimum Gasteiger partial charge on any atom is -0.339 e. The molecule has 2 aromatic rings. The first-order chi connectivity index (χ1) is 8.06. The Balaban J connectivity index is 2.32. The second-order valence-electron chi connectivity index (χ2n) is 3.44. The first-order valence-electron chi connectivity index (χ1n) is 4.78. The van der Waals surface area contributed by atoms with Crippen LogP contribution in [0.1, 0.15) is 5.56 Å². The first kappa shape index (κ1) is 12.4.